The highest BCUT2D eigenvalue weighted by Crippen LogP contribution is 2.28. The van der Waals surface area contributed by atoms with E-state index in [-0.39, 0.29) is 57.9 Å². The van der Waals surface area contributed by atoms with Gasteiger partial charge in [-0.1, -0.05) is 148 Å². The van der Waals surface area contributed by atoms with Crippen LogP contribution in [0.3, 0.4) is 0 Å². The molecule has 352 valence electrons. The maximum absolute atomic E-state index is 13.7. The van der Waals surface area contributed by atoms with E-state index in [2.05, 4.69) is 49.0 Å². The number of carbonyl (C=O) groups is 8. The van der Waals surface area contributed by atoms with Gasteiger partial charge in [-0.25, -0.2) is 4.79 Å². The number of esters is 2. The number of rotatable bonds is 19. The summed E-state index contributed by atoms with van der Waals surface area (Å²) in [5.74, 6) is -3.21. The van der Waals surface area contributed by atoms with Crippen LogP contribution < -0.4 is 21.3 Å². The van der Waals surface area contributed by atoms with Gasteiger partial charge in [0.25, 0.3) is 0 Å². The van der Waals surface area contributed by atoms with Crippen molar-refractivity contribution in [1.82, 2.24) is 21.3 Å². The molecule has 15 heteroatoms. The Labute approximate surface area is 370 Å². The molecule has 4 amide bonds. The highest BCUT2D eigenvalue weighted by atomic mass is 16.6. The molecule has 1 aromatic rings. The monoisotopic (exact) mass is 867 g/mol. The lowest BCUT2D eigenvalue weighted by atomic mass is 9.80. The van der Waals surface area contributed by atoms with Crippen LogP contribution >= 0.6 is 0 Å². The molecule has 0 bridgehead atoms. The minimum Gasteiger partial charge on any atom is -0.466 e. The number of amides is 4. The van der Waals surface area contributed by atoms with E-state index in [0.717, 1.165) is 0 Å². The molecular formula is C46H82N4O11. The van der Waals surface area contributed by atoms with Crippen molar-refractivity contribution in [2.24, 2.45) is 5.41 Å². The smallest absolute Gasteiger partial charge is 0.408 e. The molecule has 0 spiro atoms. The van der Waals surface area contributed by atoms with Crippen molar-refractivity contribution in [3.8, 4) is 0 Å². The Bertz CT molecular complexity index is 1510. The van der Waals surface area contributed by atoms with Crippen LogP contribution in [-0.2, 0) is 54.4 Å². The molecule has 0 fully saturated rings. The fraction of sp³-hybridized carbons (Fsp3) is 0.522. The second kappa shape index (κ2) is 40.9. The lowest BCUT2D eigenvalue weighted by Crippen LogP contribution is -2.59. The van der Waals surface area contributed by atoms with Gasteiger partial charge in [-0.05, 0) is 32.8 Å². The largest absolute Gasteiger partial charge is 0.466 e. The lowest BCUT2D eigenvalue weighted by molar-refractivity contribution is -0.145. The summed E-state index contributed by atoms with van der Waals surface area (Å²) >= 11 is 0. The fourth-order valence-corrected chi connectivity index (χ4v) is 4.63. The third kappa shape index (κ3) is 31.7. The van der Waals surface area contributed by atoms with Gasteiger partial charge in [0, 0.05) is 23.6 Å². The van der Waals surface area contributed by atoms with Crippen molar-refractivity contribution in [2.75, 3.05) is 19.8 Å². The third-order valence-corrected chi connectivity index (χ3v) is 7.13. The molecule has 3 atom stereocenters. The quantitative estimate of drug-likeness (QED) is 0.0346. The van der Waals surface area contributed by atoms with Crippen molar-refractivity contribution >= 4 is 48.3 Å². The minimum absolute atomic E-state index is 0. The van der Waals surface area contributed by atoms with Gasteiger partial charge in [0.15, 0.2) is 12.6 Å². The molecule has 2 rings (SSSR count). The Morgan fingerprint density at radius 3 is 1.75 bits per heavy atom. The van der Waals surface area contributed by atoms with Crippen molar-refractivity contribution in [3.63, 3.8) is 0 Å². The molecule has 0 saturated carbocycles. The average Bonchev–Trinajstić information content (AvgIpc) is 3.46. The lowest BCUT2D eigenvalue weighted by Gasteiger charge is -2.33. The topological polar surface area (TPSA) is 212 Å². The fourth-order valence-electron chi connectivity index (χ4n) is 4.63. The molecule has 61 heavy (non-hydrogen) atoms. The summed E-state index contributed by atoms with van der Waals surface area (Å²) in [5.41, 5.74) is -0.376. The number of allylic oxidation sites excluding steroid dienone is 5. The second-order valence-electron chi connectivity index (χ2n) is 12.6. The van der Waals surface area contributed by atoms with Crippen molar-refractivity contribution in [3.05, 3.63) is 84.5 Å². The minimum atomic E-state index is -1.45. The Hall–Kier alpha value is -5.86. The molecule has 1 aliphatic rings. The predicted octanol–water partition coefficient (Wildman–Crippen LogP) is 7.79. The van der Waals surface area contributed by atoms with Gasteiger partial charge in [-0.2, -0.15) is 0 Å². The van der Waals surface area contributed by atoms with Gasteiger partial charge in [-0.15, -0.1) is 0 Å². The summed E-state index contributed by atoms with van der Waals surface area (Å²) in [6, 6.07) is 5.67. The maximum Gasteiger partial charge on any atom is 0.408 e. The van der Waals surface area contributed by atoms with Crippen molar-refractivity contribution in [2.45, 2.75) is 134 Å². The van der Waals surface area contributed by atoms with Crippen LogP contribution in [0, 0.1) is 5.41 Å². The summed E-state index contributed by atoms with van der Waals surface area (Å²) in [6.45, 7) is 19.1. The van der Waals surface area contributed by atoms with E-state index in [1.165, 1.54) is 12.8 Å². The van der Waals surface area contributed by atoms with Crippen LogP contribution in [-0.4, -0.2) is 86.2 Å². The molecule has 0 unspecified atom stereocenters. The molecular weight excluding hydrogens is 785 g/mol. The van der Waals surface area contributed by atoms with Gasteiger partial charge < -0.3 is 35.5 Å². The van der Waals surface area contributed by atoms with E-state index in [1.807, 2.05) is 19.9 Å². The summed E-state index contributed by atoms with van der Waals surface area (Å²) in [7, 11) is 0. The molecule has 1 aromatic carbocycles. The Balaban J connectivity index is -0.000000286. The highest BCUT2D eigenvalue weighted by Gasteiger charge is 2.39. The zero-order chi connectivity index (χ0) is 46.2. The van der Waals surface area contributed by atoms with E-state index in [1.54, 1.807) is 101 Å². The summed E-state index contributed by atoms with van der Waals surface area (Å²) < 4.78 is 15.2. The first-order valence-electron chi connectivity index (χ1n) is 20.5. The van der Waals surface area contributed by atoms with E-state index in [0.29, 0.717) is 12.0 Å². The normalized spacial score (nSPS) is 12.8. The van der Waals surface area contributed by atoms with E-state index in [9.17, 15) is 28.8 Å². The number of carbonyl (C=O) groups excluding carboxylic acids is 8. The zero-order valence-corrected chi connectivity index (χ0v) is 37.2. The molecule has 0 radical (unpaired) electrons. The SMILES string of the molecule is C.C/C=C/[C@H](CCC(=O)OCC)NC(=O)CNC(=O)[C@@H](NC(=O)[C@H](CC(=O)OCC)NC(=O)OCc1ccccc1)C1(C)C=CC=CC=C1.CC.CCC.CCC.O=CC=O.[HH].[HH].[HH].[HH]. The molecule has 0 aromatic heterocycles. The standard InChI is InChI=1S/C35H46N4O9.2C3H8.C2H2O2.C2H6.CH4.4H2/c1-5-15-26(18-19-29(41)46-6-2)37-28(40)23-36-33(44)31(35(4)20-13-8-9-14-21-35)39-32(43)27(22-30(42)47-7-3)38-34(45)48-24-25-16-11-10-12-17-25;2*1-3-2;3-1-2-4;1-2;;;;;/h5,8-17,20-21,26-27,31H,6-7,18-19,22-24H2,1-4H3,(H,36,44)(H,37,40)(H,38,45)(H,39,43);2*3H2,1-2H3;1-2H;1-2H3;1H4;4*1H/b15-5+;;;;;;;;;/t26-,27+,31-;;;;;;;;;/m1........./s1. The van der Waals surface area contributed by atoms with E-state index in [4.69, 9.17) is 23.8 Å². The molecule has 0 aliphatic heterocycles. The first kappa shape index (κ1) is 61.8. The number of hydrogen-bond donors (Lipinski definition) is 4. The van der Waals surface area contributed by atoms with Crippen molar-refractivity contribution < 1.29 is 58.3 Å². The first-order valence-corrected chi connectivity index (χ1v) is 20.5. The maximum atomic E-state index is 13.7. The summed E-state index contributed by atoms with van der Waals surface area (Å²) in [4.78, 5) is 94.6. The number of ether oxygens (including phenoxy) is 3. The average molecular weight is 867 g/mol. The number of benzene rings is 1. The van der Waals surface area contributed by atoms with Crippen LogP contribution in [0.1, 0.15) is 120 Å². The van der Waals surface area contributed by atoms with Gasteiger partial charge in [0.05, 0.1) is 26.2 Å². The number of hydrogen-bond acceptors (Lipinski definition) is 11. The van der Waals surface area contributed by atoms with Gasteiger partial charge in [0.1, 0.15) is 18.7 Å². The molecule has 15 nitrogen and oxygen atoms in total. The number of aldehydes is 2. The number of nitrogens with one attached hydrogen (secondary N) is 4. The summed E-state index contributed by atoms with van der Waals surface area (Å²) in [5, 5.41) is 10.4. The van der Waals surface area contributed by atoms with E-state index >= 15 is 0 Å². The van der Waals surface area contributed by atoms with Crippen LogP contribution in [0.25, 0.3) is 0 Å². The molecule has 4 N–H and O–H groups in total. The highest BCUT2D eigenvalue weighted by molar-refractivity contribution is 6.09. The molecule has 0 saturated heterocycles. The van der Waals surface area contributed by atoms with Gasteiger partial charge in [0.2, 0.25) is 17.7 Å². The van der Waals surface area contributed by atoms with Gasteiger partial charge in [-0.3, -0.25) is 33.6 Å². The Kier molecular flexibility index (Phi) is 41.4. The number of alkyl carbamates (subject to hydrolysis) is 1. The van der Waals surface area contributed by atoms with Crippen LogP contribution in [0.2, 0.25) is 0 Å². The van der Waals surface area contributed by atoms with Gasteiger partial charge >= 0.3 is 18.0 Å². The first-order chi connectivity index (χ1) is 28.7. The van der Waals surface area contributed by atoms with Crippen LogP contribution in [0.5, 0.6) is 0 Å². The second-order valence-corrected chi connectivity index (χ2v) is 12.6. The van der Waals surface area contributed by atoms with Crippen LogP contribution in [0.4, 0.5) is 4.79 Å². The predicted molar refractivity (Wildman–Crippen MR) is 248 cm³/mol. The Morgan fingerprint density at radius 1 is 0.738 bits per heavy atom. The van der Waals surface area contributed by atoms with E-state index < -0.39 is 66.3 Å². The van der Waals surface area contributed by atoms with Crippen LogP contribution in [0.15, 0.2) is 78.9 Å². The third-order valence-electron chi connectivity index (χ3n) is 7.13. The molecule has 0 heterocycles. The summed E-state index contributed by atoms with van der Waals surface area (Å²) in [6.07, 6.45) is 15.6. The van der Waals surface area contributed by atoms with Crippen molar-refractivity contribution in [1.29, 1.82) is 0 Å². The zero-order valence-electron chi connectivity index (χ0n) is 37.2. The Morgan fingerprint density at radius 2 is 1.26 bits per heavy atom. The molecule has 1 aliphatic carbocycles.